The molecule has 0 unspecified atom stereocenters. The minimum Gasteiger partial charge on any atom is -0.396 e. The molecule has 0 radical (unpaired) electrons. The van der Waals surface area contributed by atoms with Gasteiger partial charge in [-0.1, -0.05) is 12.1 Å². The van der Waals surface area contributed by atoms with Crippen molar-refractivity contribution in [1.29, 1.82) is 0 Å². The molecule has 1 amide bonds. The maximum absolute atomic E-state index is 10.9. The zero-order valence-corrected chi connectivity index (χ0v) is 10.2. The molecule has 0 atom stereocenters. The Kier molecular flexibility index (Phi) is 3.94. The predicted molar refractivity (Wildman–Crippen MR) is 69.0 cm³/mol. The van der Waals surface area contributed by atoms with Gasteiger partial charge in [0.2, 0.25) is 5.91 Å². The maximum Gasteiger partial charge on any atom is 0.219 e. The first kappa shape index (κ1) is 12.6. The average Bonchev–Trinajstić information content (AvgIpc) is 2.71. The molecular weight excluding hydrogens is 230 g/mol. The Labute approximate surface area is 105 Å². The van der Waals surface area contributed by atoms with Crippen LogP contribution in [0.15, 0.2) is 24.3 Å². The van der Waals surface area contributed by atoms with Gasteiger partial charge in [-0.25, -0.2) is 4.98 Å². The molecule has 1 aromatic carbocycles. The smallest absolute Gasteiger partial charge is 0.219 e. The minimum absolute atomic E-state index is 0.138. The number of primary amides is 1. The second kappa shape index (κ2) is 5.64. The summed E-state index contributed by atoms with van der Waals surface area (Å²) >= 11 is 0. The number of benzene rings is 1. The van der Waals surface area contributed by atoms with Crippen molar-refractivity contribution in [2.45, 2.75) is 25.8 Å². The number of amides is 1. The highest BCUT2D eigenvalue weighted by Crippen LogP contribution is 2.17. The number of nitrogens with two attached hydrogens (primary N) is 1. The van der Waals surface area contributed by atoms with Gasteiger partial charge in [0, 0.05) is 26.0 Å². The number of fused-ring (bicyclic) bond motifs is 1. The molecule has 0 aliphatic rings. The second-order valence-corrected chi connectivity index (χ2v) is 4.21. The quantitative estimate of drug-likeness (QED) is 0.793. The Hall–Kier alpha value is -1.88. The molecule has 18 heavy (non-hydrogen) atoms. The fraction of sp³-hybridized carbons (Fsp3) is 0.385. The third kappa shape index (κ3) is 2.68. The summed E-state index contributed by atoms with van der Waals surface area (Å²) in [4.78, 5) is 15.4. The van der Waals surface area contributed by atoms with Gasteiger partial charge in [0.05, 0.1) is 11.0 Å². The SMILES string of the molecule is NC(=O)CCn1c(CCCO)nc2ccccc21. The van der Waals surface area contributed by atoms with E-state index in [1.54, 1.807) is 0 Å². The lowest BCUT2D eigenvalue weighted by atomic mass is 10.3. The van der Waals surface area contributed by atoms with E-state index in [9.17, 15) is 4.79 Å². The molecule has 2 aromatic rings. The van der Waals surface area contributed by atoms with Gasteiger partial charge in [-0.3, -0.25) is 4.79 Å². The number of aryl methyl sites for hydroxylation is 2. The largest absolute Gasteiger partial charge is 0.396 e. The van der Waals surface area contributed by atoms with Gasteiger partial charge in [0.1, 0.15) is 5.82 Å². The molecule has 0 bridgehead atoms. The lowest BCUT2D eigenvalue weighted by Gasteiger charge is -2.07. The fourth-order valence-corrected chi connectivity index (χ4v) is 2.02. The molecule has 0 aliphatic carbocycles. The third-order valence-corrected chi connectivity index (χ3v) is 2.87. The molecule has 5 heteroatoms. The van der Waals surface area contributed by atoms with E-state index >= 15 is 0 Å². The van der Waals surface area contributed by atoms with Gasteiger partial charge in [0.25, 0.3) is 0 Å². The number of aromatic nitrogens is 2. The van der Waals surface area contributed by atoms with Crippen LogP contribution in [0, 0.1) is 0 Å². The molecule has 3 N–H and O–H groups in total. The molecule has 0 saturated carbocycles. The Bertz CT molecular complexity index is 548. The molecule has 0 spiro atoms. The second-order valence-electron chi connectivity index (χ2n) is 4.21. The van der Waals surface area contributed by atoms with Crippen molar-refractivity contribution in [3.63, 3.8) is 0 Å². The highest BCUT2D eigenvalue weighted by Gasteiger charge is 2.10. The van der Waals surface area contributed by atoms with Crippen molar-refractivity contribution < 1.29 is 9.90 Å². The van der Waals surface area contributed by atoms with E-state index < -0.39 is 0 Å². The lowest BCUT2D eigenvalue weighted by molar-refractivity contribution is -0.118. The molecule has 96 valence electrons. The number of imidazole rings is 1. The van der Waals surface area contributed by atoms with Gasteiger partial charge >= 0.3 is 0 Å². The first-order valence-corrected chi connectivity index (χ1v) is 6.05. The Morgan fingerprint density at radius 1 is 1.39 bits per heavy atom. The maximum atomic E-state index is 10.9. The summed E-state index contributed by atoms with van der Waals surface area (Å²) < 4.78 is 2.01. The van der Waals surface area contributed by atoms with Crippen LogP contribution in [0.4, 0.5) is 0 Å². The van der Waals surface area contributed by atoms with Crippen LogP contribution in [0.2, 0.25) is 0 Å². The number of nitrogens with zero attached hydrogens (tertiary/aromatic N) is 2. The van der Waals surface area contributed by atoms with E-state index in [4.69, 9.17) is 10.8 Å². The van der Waals surface area contributed by atoms with E-state index in [0.717, 1.165) is 16.9 Å². The first-order chi connectivity index (χ1) is 8.72. The van der Waals surface area contributed by atoms with Crippen LogP contribution in [-0.2, 0) is 17.8 Å². The van der Waals surface area contributed by atoms with Crippen LogP contribution in [0.3, 0.4) is 0 Å². The van der Waals surface area contributed by atoms with Gasteiger partial charge < -0.3 is 15.4 Å². The van der Waals surface area contributed by atoms with Gasteiger partial charge in [-0.2, -0.15) is 0 Å². The summed E-state index contributed by atoms with van der Waals surface area (Å²) in [5.41, 5.74) is 7.11. The summed E-state index contributed by atoms with van der Waals surface area (Å²) in [6.45, 7) is 0.676. The van der Waals surface area contributed by atoms with Gasteiger partial charge in [0.15, 0.2) is 0 Å². The van der Waals surface area contributed by atoms with Crippen molar-refractivity contribution in [2.24, 2.45) is 5.73 Å². The summed E-state index contributed by atoms with van der Waals surface area (Å²) in [5.74, 6) is 0.576. The molecular formula is C13H17N3O2. The molecule has 0 fully saturated rings. The highest BCUT2D eigenvalue weighted by atomic mass is 16.2. The van der Waals surface area contributed by atoms with E-state index in [-0.39, 0.29) is 12.5 Å². The summed E-state index contributed by atoms with van der Waals surface area (Å²) in [5, 5.41) is 8.90. The van der Waals surface area contributed by atoms with Crippen molar-refractivity contribution in [2.75, 3.05) is 6.61 Å². The van der Waals surface area contributed by atoms with E-state index in [2.05, 4.69) is 4.98 Å². The van der Waals surface area contributed by atoms with Gasteiger partial charge in [-0.15, -0.1) is 0 Å². The van der Waals surface area contributed by atoms with Crippen LogP contribution < -0.4 is 5.73 Å². The van der Waals surface area contributed by atoms with E-state index in [0.29, 0.717) is 25.8 Å². The summed E-state index contributed by atoms with van der Waals surface area (Å²) in [6, 6.07) is 7.80. The molecule has 0 saturated heterocycles. The molecule has 1 heterocycles. The monoisotopic (exact) mass is 247 g/mol. The zero-order chi connectivity index (χ0) is 13.0. The van der Waals surface area contributed by atoms with Crippen LogP contribution >= 0.6 is 0 Å². The van der Waals surface area contributed by atoms with Gasteiger partial charge in [-0.05, 0) is 18.6 Å². The Morgan fingerprint density at radius 2 is 2.17 bits per heavy atom. The standard InChI is InChI=1S/C13H17N3O2/c14-12(18)7-8-16-11-5-2-1-4-10(11)15-13(16)6-3-9-17/h1-2,4-5,17H,3,6-9H2,(H2,14,18). The van der Waals surface area contributed by atoms with Crippen molar-refractivity contribution in [3.05, 3.63) is 30.1 Å². The zero-order valence-electron chi connectivity index (χ0n) is 10.2. The van der Waals surface area contributed by atoms with Crippen LogP contribution in [0.25, 0.3) is 11.0 Å². The lowest BCUT2D eigenvalue weighted by Crippen LogP contribution is -2.15. The summed E-state index contributed by atoms with van der Waals surface area (Å²) in [6.07, 6.45) is 1.66. The number of hydrogen-bond acceptors (Lipinski definition) is 3. The average molecular weight is 247 g/mol. The van der Waals surface area contributed by atoms with Crippen LogP contribution in [0.1, 0.15) is 18.7 Å². The van der Waals surface area contributed by atoms with Crippen molar-refractivity contribution in [3.8, 4) is 0 Å². The first-order valence-electron chi connectivity index (χ1n) is 6.05. The number of carbonyl (C=O) groups is 1. The number of hydrogen-bond donors (Lipinski definition) is 2. The molecule has 5 nitrogen and oxygen atoms in total. The normalized spacial score (nSPS) is 10.9. The molecule has 1 aromatic heterocycles. The van der Waals surface area contributed by atoms with Crippen LogP contribution in [-0.4, -0.2) is 27.2 Å². The Balaban J connectivity index is 2.34. The number of rotatable bonds is 6. The predicted octanol–water partition coefficient (Wildman–Crippen LogP) is 0.837. The molecule has 0 aliphatic heterocycles. The van der Waals surface area contributed by atoms with Crippen molar-refractivity contribution >= 4 is 16.9 Å². The summed E-state index contributed by atoms with van der Waals surface area (Å²) in [7, 11) is 0. The van der Waals surface area contributed by atoms with E-state index in [1.165, 1.54) is 0 Å². The fourth-order valence-electron chi connectivity index (χ4n) is 2.02. The van der Waals surface area contributed by atoms with Crippen LogP contribution in [0.5, 0.6) is 0 Å². The Morgan fingerprint density at radius 3 is 2.89 bits per heavy atom. The number of aliphatic hydroxyl groups excluding tert-OH is 1. The number of aliphatic hydroxyl groups is 1. The molecule has 2 rings (SSSR count). The minimum atomic E-state index is -0.319. The topological polar surface area (TPSA) is 81.1 Å². The van der Waals surface area contributed by atoms with Crippen molar-refractivity contribution in [1.82, 2.24) is 9.55 Å². The van der Waals surface area contributed by atoms with E-state index in [1.807, 2.05) is 28.8 Å². The number of para-hydroxylation sites is 2. The highest BCUT2D eigenvalue weighted by molar-refractivity contribution is 5.77. The third-order valence-electron chi connectivity index (χ3n) is 2.87. The number of carbonyl (C=O) groups excluding carboxylic acids is 1.